The van der Waals surface area contributed by atoms with Crippen LogP contribution in [-0.2, 0) is 6.42 Å². The molecule has 0 fully saturated rings. The quantitative estimate of drug-likeness (QED) is 0.286. The van der Waals surface area contributed by atoms with Gasteiger partial charge >= 0.3 is 5.97 Å². The molecular formula is C30H26N2O4. The fraction of sp³-hybridized carbons (Fsp3) is 0.200. The van der Waals surface area contributed by atoms with Crippen molar-refractivity contribution in [2.24, 2.45) is 0 Å². The molecule has 2 aromatic heterocycles. The van der Waals surface area contributed by atoms with Crippen molar-refractivity contribution >= 4 is 27.8 Å². The summed E-state index contributed by atoms with van der Waals surface area (Å²) in [6.07, 6.45) is 5.56. The highest BCUT2D eigenvalue weighted by Crippen LogP contribution is 2.32. The molecule has 180 valence electrons. The van der Waals surface area contributed by atoms with Crippen LogP contribution in [0.4, 0.5) is 0 Å². The molecule has 0 saturated heterocycles. The third kappa shape index (κ3) is 4.62. The number of carboxylic acid groups (broad SMARTS) is 1. The summed E-state index contributed by atoms with van der Waals surface area (Å²) < 4.78 is 6.38. The number of rotatable bonds is 7. The Morgan fingerprint density at radius 3 is 2.75 bits per heavy atom. The van der Waals surface area contributed by atoms with Crippen molar-refractivity contribution in [1.29, 1.82) is 0 Å². The minimum atomic E-state index is -0.905. The van der Waals surface area contributed by atoms with Gasteiger partial charge in [0.25, 0.3) is 0 Å². The maximum atomic E-state index is 13.1. The van der Waals surface area contributed by atoms with Gasteiger partial charge in [-0.25, -0.2) is 14.8 Å². The van der Waals surface area contributed by atoms with Gasteiger partial charge in [0.1, 0.15) is 17.7 Å². The topological polar surface area (TPSA) is 93.3 Å². The molecule has 0 amide bonds. The van der Waals surface area contributed by atoms with E-state index in [1.165, 1.54) is 6.33 Å². The minimum absolute atomic E-state index is 0.0819. The molecule has 5 rings (SSSR count). The predicted molar refractivity (Wildman–Crippen MR) is 141 cm³/mol. The molecule has 0 radical (unpaired) electrons. The number of aromatic carboxylic acids is 1. The molecule has 1 N–H and O–H groups in total. The first-order valence-corrected chi connectivity index (χ1v) is 12.0. The summed E-state index contributed by atoms with van der Waals surface area (Å²) in [5.41, 5.74) is 5.25. The second-order valence-corrected chi connectivity index (χ2v) is 9.26. The highest BCUT2D eigenvalue weighted by Gasteiger charge is 2.17. The highest BCUT2D eigenvalue weighted by atomic mass is 16.4. The van der Waals surface area contributed by atoms with E-state index in [9.17, 15) is 14.7 Å². The monoisotopic (exact) mass is 478 g/mol. The SMILES string of the molecule is Cc1cc([C@@H](C)CCCc2ccccc2C(=O)O)c2oc(-c3ccc4cncnc4c3)cc(=O)c2c1. The standard InChI is InChI=1S/C30H26N2O4/c1-18-12-24(19(2)6-5-8-20-7-3-4-9-23(20)30(34)35)29-25(13-18)27(33)15-28(36-29)21-10-11-22-16-31-17-32-26(22)14-21/h3-4,7,9-17,19H,5-6,8H2,1-2H3,(H,34,35)/t19-/m0/s1. The van der Waals surface area contributed by atoms with Crippen molar-refractivity contribution in [1.82, 2.24) is 9.97 Å². The van der Waals surface area contributed by atoms with E-state index in [0.717, 1.165) is 46.0 Å². The average Bonchev–Trinajstić information content (AvgIpc) is 2.88. The van der Waals surface area contributed by atoms with Crippen molar-refractivity contribution in [2.45, 2.75) is 39.0 Å². The smallest absolute Gasteiger partial charge is 0.335 e. The lowest BCUT2D eigenvalue weighted by molar-refractivity contribution is 0.0695. The molecule has 0 unspecified atom stereocenters. The van der Waals surface area contributed by atoms with Gasteiger partial charge < -0.3 is 9.52 Å². The Bertz CT molecular complexity index is 1650. The fourth-order valence-electron chi connectivity index (χ4n) is 4.77. The second-order valence-electron chi connectivity index (χ2n) is 9.26. The summed E-state index contributed by atoms with van der Waals surface area (Å²) in [5.74, 6) is -0.286. The lowest BCUT2D eigenvalue weighted by atomic mass is 9.91. The van der Waals surface area contributed by atoms with E-state index >= 15 is 0 Å². The van der Waals surface area contributed by atoms with Crippen LogP contribution in [0.3, 0.4) is 0 Å². The van der Waals surface area contributed by atoms with Crippen molar-refractivity contribution in [2.75, 3.05) is 0 Å². The van der Waals surface area contributed by atoms with Gasteiger partial charge in [0.05, 0.1) is 16.5 Å². The summed E-state index contributed by atoms with van der Waals surface area (Å²) in [7, 11) is 0. The van der Waals surface area contributed by atoms with Crippen LogP contribution in [0.15, 0.2) is 82.4 Å². The van der Waals surface area contributed by atoms with E-state index in [1.807, 2.05) is 43.3 Å². The van der Waals surface area contributed by atoms with Crippen LogP contribution in [0.2, 0.25) is 0 Å². The molecule has 0 bridgehead atoms. The molecule has 0 aliphatic carbocycles. The molecule has 0 aliphatic heterocycles. The van der Waals surface area contributed by atoms with Gasteiger partial charge in [0, 0.05) is 23.2 Å². The Morgan fingerprint density at radius 2 is 1.92 bits per heavy atom. The molecule has 3 aromatic carbocycles. The number of carboxylic acids is 1. The number of aryl methyl sites for hydroxylation is 2. The van der Waals surface area contributed by atoms with Gasteiger partial charge in [-0.05, 0) is 67.0 Å². The molecule has 5 aromatic rings. The molecule has 6 heteroatoms. The summed E-state index contributed by atoms with van der Waals surface area (Å²) in [6.45, 7) is 4.10. The molecule has 36 heavy (non-hydrogen) atoms. The van der Waals surface area contributed by atoms with Crippen LogP contribution in [0.25, 0.3) is 33.2 Å². The van der Waals surface area contributed by atoms with Crippen molar-refractivity contribution in [3.05, 3.63) is 106 Å². The molecule has 0 aliphatic rings. The van der Waals surface area contributed by atoms with Gasteiger partial charge in [0.15, 0.2) is 5.43 Å². The zero-order valence-electron chi connectivity index (χ0n) is 20.2. The van der Waals surface area contributed by atoms with E-state index < -0.39 is 5.97 Å². The molecule has 0 saturated carbocycles. The van der Waals surface area contributed by atoms with Gasteiger partial charge in [-0.3, -0.25) is 4.79 Å². The van der Waals surface area contributed by atoms with Crippen molar-refractivity contribution in [3.8, 4) is 11.3 Å². The summed E-state index contributed by atoms with van der Waals surface area (Å²) in [6, 6.07) is 18.4. The lowest BCUT2D eigenvalue weighted by Gasteiger charge is -2.16. The zero-order valence-corrected chi connectivity index (χ0v) is 20.2. The number of carbonyl (C=O) groups is 1. The average molecular weight is 479 g/mol. The number of aromatic nitrogens is 2. The number of fused-ring (bicyclic) bond motifs is 2. The van der Waals surface area contributed by atoms with Crippen LogP contribution >= 0.6 is 0 Å². The van der Waals surface area contributed by atoms with Crippen molar-refractivity contribution < 1.29 is 14.3 Å². The third-order valence-corrected chi connectivity index (χ3v) is 6.66. The first kappa shape index (κ1) is 23.4. The maximum Gasteiger partial charge on any atom is 0.335 e. The third-order valence-electron chi connectivity index (χ3n) is 6.66. The lowest BCUT2D eigenvalue weighted by Crippen LogP contribution is -2.06. The first-order chi connectivity index (χ1) is 17.4. The van der Waals surface area contributed by atoms with E-state index in [-0.39, 0.29) is 11.3 Å². The Morgan fingerprint density at radius 1 is 1.08 bits per heavy atom. The van der Waals surface area contributed by atoms with Crippen molar-refractivity contribution in [3.63, 3.8) is 0 Å². The first-order valence-electron chi connectivity index (χ1n) is 12.0. The molecule has 2 heterocycles. The number of hydrogen-bond acceptors (Lipinski definition) is 5. The maximum absolute atomic E-state index is 13.1. The number of hydrogen-bond donors (Lipinski definition) is 1. The summed E-state index contributed by atoms with van der Waals surface area (Å²) >= 11 is 0. The van der Waals surface area contributed by atoms with Crippen LogP contribution in [0, 0.1) is 6.92 Å². The Kier molecular flexibility index (Phi) is 6.34. The van der Waals surface area contributed by atoms with Gasteiger partial charge in [-0.15, -0.1) is 0 Å². The Labute approximate surface area is 208 Å². The summed E-state index contributed by atoms with van der Waals surface area (Å²) in [5, 5.41) is 10.9. The molecule has 0 spiro atoms. The minimum Gasteiger partial charge on any atom is -0.478 e. The van der Waals surface area contributed by atoms with E-state index in [0.29, 0.717) is 28.7 Å². The van der Waals surface area contributed by atoms with E-state index in [4.69, 9.17) is 4.42 Å². The Balaban J connectivity index is 1.48. The largest absolute Gasteiger partial charge is 0.478 e. The van der Waals surface area contributed by atoms with Crippen LogP contribution < -0.4 is 5.43 Å². The molecular weight excluding hydrogens is 452 g/mol. The normalized spacial score (nSPS) is 12.2. The van der Waals surface area contributed by atoms with E-state index in [1.54, 1.807) is 24.4 Å². The number of benzene rings is 3. The Hall–Kier alpha value is -4.32. The zero-order chi connectivity index (χ0) is 25.2. The fourth-order valence-corrected chi connectivity index (χ4v) is 4.77. The summed E-state index contributed by atoms with van der Waals surface area (Å²) in [4.78, 5) is 33.0. The van der Waals surface area contributed by atoms with Crippen LogP contribution in [-0.4, -0.2) is 21.0 Å². The van der Waals surface area contributed by atoms with Crippen LogP contribution in [0.1, 0.15) is 52.7 Å². The highest BCUT2D eigenvalue weighted by molar-refractivity contribution is 5.89. The second kappa shape index (κ2) is 9.74. The van der Waals surface area contributed by atoms with Gasteiger partial charge in [0.2, 0.25) is 0 Å². The van der Waals surface area contributed by atoms with Crippen LogP contribution in [0.5, 0.6) is 0 Å². The van der Waals surface area contributed by atoms with Gasteiger partial charge in [-0.1, -0.05) is 43.3 Å². The van der Waals surface area contributed by atoms with E-state index in [2.05, 4.69) is 23.0 Å². The predicted octanol–water partition coefficient (Wildman–Crippen LogP) is 6.54. The van der Waals surface area contributed by atoms with Gasteiger partial charge in [-0.2, -0.15) is 0 Å². The molecule has 6 nitrogen and oxygen atoms in total. The molecule has 1 atom stereocenters. The number of nitrogens with zero attached hydrogens (tertiary/aromatic N) is 2.